The predicted molar refractivity (Wildman–Crippen MR) is 147 cm³/mol. The number of benzene rings is 2. The Hall–Kier alpha value is -3.99. The van der Waals surface area contributed by atoms with Crippen molar-refractivity contribution in [3.05, 3.63) is 64.7 Å². The number of ether oxygens (including phenoxy) is 1. The molecule has 0 spiro atoms. The van der Waals surface area contributed by atoms with Gasteiger partial charge in [-0.1, -0.05) is 36.8 Å². The first-order valence-corrected chi connectivity index (χ1v) is 12.5. The number of alkyl carbamates (subject to hydrolysis) is 1. The molecule has 0 radical (unpaired) electrons. The summed E-state index contributed by atoms with van der Waals surface area (Å²) in [4.78, 5) is 41.5. The van der Waals surface area contributed by atoms with Crippen molar-refractivity contribution in [1.82, 2.24) is 15.5 Å². The minimum Gasteiger partial charge on any atom is -0.508 e. The van der Waals surface area contributed by atoms with E-state index in [-0.39, 0.29) is 12.2 Å². The normalized spacial score (nSPS) is 13.0. The molecule has 8 heteroatoms. The van der Waals surface area contributed by atoms with Crippen molar-refractivity contribution in [3.8, 4) is 18.2 Å². The van der Waals surface area contributed by atoms with E-state index in [1.165, 1.54) is 12.1 Å². The lowest BCUT2D eigenvalue weighted by Gasteiger charge is -2.33. The van der Waals surface area contributed by atoms with E-state index in [0.717, 1.165) is 16.0 Å². The van der Waals surface area contributed by atoms with Crippen molar-refractivity contribution in [3.63, 3.8) is 0 Å². The first-order chi connectivity index (χ1) is 17.5. The summed E-state index contributed by atoms with van der Waals surface area (Å²) in [5.41, 5.74) is 1.48. The number of phenolic OH excluding ortho intramolecular Hbond substituents is 1. The van der Waals surface area contributed by atoms with Gasteiger partial charge in [0.15, 0.2) is 0 Å². The van der Waals surface area contributed by atoms with E-state index in [1.807, 2.05) is 52.8 Å². The molecule has 8 nitrogen and oxygen atoms in total. The standard InChI is InChI=1S/C30H39N3O5/c1-10-33(25(26(35)32-29(4,5)6)24-19(2)12-11-13-20(24)3)27(36)23(31-28(37)38-30(7,8)9)18-21-14-16-22(34)17-15-21/h1,11-17,23,25,34H,18H2,2-9H3,(H,31,37)(H,32,35). The van der Waals surface area contributed by atoms with Crippen LogP contribution in [0.2, 0.25) is 0 Å². The van der Waals surface area contributed by atoms with Crippen LogP contribution in [0.25, 0.3) is 0 Å². The lowest BCUT2D eigenvalue weighted by atomic mass is 9.93. The van der Waals surface area contributed by atoms with E-state index >= 15 is 0 Å². The zero-order valence-corrected chi connectivity index (χ0v) is 23.5. The predicted octanol–water partition coefficient (Wildman–Crippen LogP) is 4.52. The van der Waals surface area contributed by atoms with Crippen molar-refractivity contribution in [2.75, 3.05) is 0 Å². The van der Waals surface area contributed by atoms with Gasteiger partial charge in [0, 0.05) is 18.0 Å². The number of nitrogens with zero attached hydrogens (tertiary/aromatic N) is 1. The van der Waals surface area contributed by atoms with E-state index in [4.69, 9.17) is 11.2 Å². The molecular weight excluding hydrogens is 482 g/mol. The lowest BCUT2D eigenvalue weighted by molar-refractivity contribution is -0.139. The number of phenols is 1. The van der Waals surface area contributed by atoms with Gasteiger partial charge in [-0.25, -0.2) is 4.79 Å². The van der Waals surface area contributed by atoms with E-state index in [0.29, 0.717) is 11.1 Å². The molecule has 2 atom stereocenters. The summed E-state index contributed by atoms with van der Waals surface area (Å²) < 4.78 is 5.39. The number of terminal acetylenes is 1. The highest BCUT2D eigenvalue weighted by molar-refractivity contribution is 5.94. The number of carbonyl (C=O) groups excluding carboxylic acids is 3. The molecule has 204 valence electrons. The van der Waals surface area contributed by atoms with Crippen LogP contribution in [0.15, 0.2) is 42.5 Å². The summed E-state index contributed by atoms with van der Waals surface area (Å²) in [5, 5.41) is 15.2. The molecule has 0 aliphatic carbocycles. The fourth-order valence-corrected chi connectivity index (χ4v) is 4.02. The number of aryl methyl sites for hydroxylation is 2. The largest absolute Gasteiger partial charge is 0.508 e. The molecule has 0 aliphatic heterocycles. The van der Waals surface area contributed by atoms with Crippen molar-refractivity contribution < 1.29 is 24.2 Å². The fourth-order valence-electron chi connectivity index (χ4n) is 4.02. The SMILES string of the molecule is C#CN(C(=O)C(Cc1ccc(O)cc1)NC(=O)OC(C)(C)C)C(C(=O)NC(C)(C)C)c1c(C)cccc1C. The van der Waals surface area contributed by atoms with Gasteiger partial charge in [-0.3, -0.25) is 14.5 Å². The van der Waals surface area contributed by atoms with Gasteiger partial charge in [0.1, 0.15) is 23.4 Å². The number of rotatable bonds is 7. The van der Waals surface area contributed by atoms with Crippen LogP contribution in [0.5, 0.6) is 5.75 Å². The van der Waals surface area contributed by atoms with Crippen LogP contribution in [0.3, 0.4) is 0 Å². The molecule has 2 unspecified atom stereocenters. The summed E-state index contributed by atoms with van der Waals surface area (Å²) in [5.74, 6) is -1.03. The maximum atomic E-state index is 14.0. The minimum absolute atomic E-state index is 0.0525. The molecule has 3 N–H and O–H groups in total. The van der Waals surface area contributed by atoms with Crippen molar-refractivity contribution in [1.29, 1.82) is 0 Å². The van der Waals surface area contributed by atoms with Crippen molar-refractivity contribution in [2.45, 2.75) is 85.0 Å². The maximum absolute atomic E-state index is 14.0. The Balaban J connectivity index is 2.58. The van der Waals surface area contributed by atoms with Gasteiger partial charge in [-0.15, -0.1) is 0 Å². The molecular formula is C30H39N3O5. The highest BCUT2D eigenvalue weighted by Crippen LogP contribution is 2.29. The molecule has 3 amide bonds. The Morgan fingerprint density at radius 3 is 2.03 bits per heavy atom. The number of carbonyl (C=O) groups is 3. The molecule has 0 aromatic heterocycles. The fraction of sp³-hybridized carbons (Fsp3) is 0.433. The van der Waals surface area contributed by atoms with Gasteiger partial charge in [-0.05, 0) is 89.8 Å². The monoisotopic (exact) mass is 521 g/mol. The molecule has 0 fully saturated rings. The van der Waals surface area contributed by atoms with Crippen LogP contribution in [0.4, 0.5) is 4.79 Å². The second kappa shape index (κ2) is 12.0. The van der Waals surface area contributed by atoms with Crippen LogP contribution in [-0.2, 0) is 20.7 Å². The van der Waals surface area contributed by atoms with Gasteiger partial charge in [0.2, 0.25) is 5.91 Å². The second-order valence-electron chi connectivity index (χ2n) is 11.4. The van der Waals surface area contributed by atoms with Gasteiger partial charge >= 0.3 is 6.09 Å². The zero-order chi connectivity index (χ0) is 28.8. The molecule has 0 aliphatic rings. The van der Waals surface area contributed by atoms with Gasteiger partial charge in [0.25, 0.3) is 5.91 Å². The Morgan fingerprint density at radius 2 is 1.55 bits per heavy atom. The van der Waals surface area contributed by atoms with Gasteiger partial charge in [-0.2, -0.15) is 0 Å². The van der Waals surface area contributed by atoms with Crippen LogP contribution in [-0.4, -0.2) is 45.1 Å². The smallest absolute Gasteiger partial charge is 0.408 e. The molecule has 2 aromatic carbocycles. The van der Waals surface area contributed by atoms with Gasteiger partial charge < -0.3 is 20.5 Å². The Bertz CT molecular complexity index is 1180. The van der Waals surface area contributed by atoms with Crippen LogP contribution >= 0.6 is 0 Å². The first-order valence-electron chi connectivity index (χ1n) is 12.5. The molecule has 2 aromatic rings. The quantitative estimate of drug-likeness (QED) is 0.367. The summed E-state index contributed by atoms with van der Waals surface area (Å²) >= 11 is 0. The van der Waals surface area contributed by atoms with E-state index in [2.05, 4.69) is 16.7 Å². The maximum Gasteiger partial charge on any atom is 0.408 e. The highest BCUT2D eigenvalue weighted by atomic mass is 16.6. The molecule has 0 saturated carbocycles. The third-order valence-corrected chi connectivity index (χ3v) is 5.56. The van der Waals surface area contributed by atoms with E-state index in [1.54, 1.807) is 32.9 Å². The molecule has 0 heterocycles. The summed E-state index contributed by atoms with van der Waals surface area (Å²) in [6, 6.07) is 11.9. The minimum atomic E-state index is -1.15. The summed E-state index contributed by atoms with van der Waals surface area (Å²) in [7, 11) is 0. The third kappa shape index (κ3) is 8.55. The van der Waals surface area contributed by atoms with E-state index in [9.17, 15) is 19.5 Å². The van der Waals surface area contributed by atoms with Crippen LogP contribution in [0.1, 0.15) is 69.8 Å². The number of hydrogen-bond donors (Lipinski definition) is 3. The van der Waals surface area contributed by atoms with Gasteiger partial charge in [0.05, 0.1) is 0 Å². The Kier molecular flexibility index (Phi) is 9.58. The van der Waals surface area contributed by atoms with Crippen molar-refractivity contribution >= 4 is 17.9 Å². The summed E-state index contributed by atoms with van der Waals surface area (Å²) in [6.07, 6.45) is 5.15. The Morgan fingerprint density at radius 1 is 1.00 bits per heavy atom. The highest BCUT2D eigenvalue weighted by Gasteiger charge is 2.38. The average Bonchev–Trinajstić information content (AvgIpc) is 2.76. The van der Waals surface area contributed by atoms with Crippen molar-refractivity contribution in [2.24, 2.45) is 0 Å². The third-order valence-electron chi connectivity index (χ3n) is 5.56. The van der Waals surface area contributed by atoms with Crippen LogP contribution in [0, 0.1) is 26.3 Å². The number of hydrogen-bond acceptors (Lipinski definition) is 5. The lowest BCUT2D eigenvalue weighted by Crippen LogP contribution is -2.54. The number of amides is 3. The Labute approximate surface area is 225 Å². The molecule has 38 heavy (non-hydrogen) atoms. The second-order valence-corrected chi connectivity index (χ2v) is 11.4. The number of nitrogens with one attached hydrogen (secondary N) is 2. The van der Waals surface area contributed by atoms with E-state index < -0.39 is 41.1 Å². The molecule has 0 bridgehead atoms. The first kappa shape index (κ1) is 30.2. The molecule has 2 rings (SSSR count). The summed E-state index contributed by atoms with van der Waals surface area (Å²) in [6.45, 7) is 14.4. The number of aromatic hydroxyl groups is 1. The van der Waals surface area contributed by atoms with Crippen LogP contribution < -0.4 is 10.6 Å². The topological polar surface area (TPSA) is 108 Å². The molecule has 0 saturated heterocycles. The zero-order valence-electron chi connectivity index (χ0n) is 23.5. The average molecular weight is 522 g/mol.